The molecule has 186 valence electrons. The van der Waals surface area contributed by atoms with E-state index in [1.807, 2.05) is 20.8 Å². The van der Waals surface area contributed by atoms with Crippen LogP contribution >= 0.6 is 0 Å². The van der Waals surface area contributed by atoms with Crippen LogP contribution in [0, 0.1) is 11.6 Å². The fraction of sp³-hybridized carbons (Fsp3) is 0.269. The first-order chi connectivity index (χ1) is 16.4. The quantitative estimate of drug-likeness (QED) is 0.490. The Balaban J connectivity index is 2.20. The highest BCUT2D eigenvalue weighted by Crippen LogP contribution is 2.38. The largest absolute Gasteiger partial charge is 0.495 e. The minimum Gasteiger partial charge on any atom is -0.495 e. The molecule has 0 aromatic heterocycles. The number of anilines is 1. The van der Waals surface area contributed by atoms with Crippen molar-refractivity contribution in [3.8, 4) is 5.75 Å². The number of benzene rings is 3. The van der Waals surface area contributed by atoms with Gasteiger partial charge in [-0.3, -0.25) is 9.10 Å². The maximum atomic E-state index is 14.4. The van der Waals surface area contributed by atoms with Crippen molar-refractivity contribution in [2.45, 2.75) is 37.5 Å². The third kappa shape index (κ3) is 5.62. The average molecular weight is 503 g/mol. The number of amides is 1. The van der Waals surface area contributed by atoms with E-state index in [1.165, 1.54) is 37.4 Å². The Kier molecular flexibility index (Phi) is 7.50. The van der Waals surface area contributed by atoms with E-state index in [2.05, 4.69) is 0 Å². The molecule has 0 heterocycles. The summed E-state index contributed by atoms with van der Waals surface area (Å²) in [6.07, 6.45) is -0.279. The van der Waals surface area contributed by atoms with E-state index in [0.29, 0.717) is 0 Å². The summed E-state index contributed by atoms with van der Waals surface area (Å²) in [7, 11) is -2.98. The van der Waals surface area contributed by atoms with Crippen molar-refractivity contribution in [1.29, 1.82) is 0 Å². The molecule has 3 rings (SSSR count). The van der Waals surface area contributed by atoms with E-state index in [1.54, 1.807) is 18.2 Å². The lowest BCUT2D eigenvalue weighted by Gasteiger charge is -2.28. The van der Waals surface area contributed by atoms with Crippen LogP contribution in [-0.4, -0.2) is 28.0 Å². The van der Waals surface area contributed by atoms with E-state index < -0.39 is 34.1 Å². The van der Waals surface area contributed by atoms with Crippen LogP contribution in [0.25, 0.3) is 0 Å². The van der Waals surface area contributed by atoms with Gasteiger partial charge in [-0.1, -0.05) is 51.1 Å². The minimum atomic E-state index is -4.31. The molecule has 0 aliphatic carbocycles. The molecule has 0 aliphatic rings. The number of para-hydroxylation sites is 1. The van der Waals surface area contributed by atoms with Crippen molar-refractivity contribution in [3.05, 3.63) is 89.0 Å². The molecule has 0 aliphatic heterocycles. The molecule has 9 heteroatoms. The molecule has 0 radical (unpaired) electrons. The highest BCUT2D eigenvalue weighted by Gasteiger charge is 2.31. The molecule has 0 saturated heterocycles. The Labute approximate surface area is 204 Å². The van der Waals surface area contributed by atoms with Gasteiger partial charge < -0.3 is 10.5 Å². The maximum Gasteiger partial charge on any atom is 0.264 e. The zero-order valence-corrected chi connectivity index (χ0v) is 20.8. The van der Waals surface area contributed by atoms with E-state index in [9.17, 15) is 22.0 Å². The normalized spacial score (nSPS) is 11.8. The van der Waals surface area contributed by atoms with Gasteiger partial charge in [0.1, 0.15) is 23.9 Å². The first-order valence-electron chi connectivity index (χ1n) is 10.9. The lowest BCUT2D eigenvalue weighted by Crippen LogP contribution is -2.39. The second kappa shape index (κ2) is 10.0. The Hall–Kier alpha value is -3.46. The van der Waals surface area contributed by atoms with Crippen LogP contribution in [-0.2, 0) is 26.7 Å². The molecular weight excluding hydrogens is 474 g/mol. The predicted molar refractivity (Wildman–Crippen MR) is 131 cm³/mol. The van der Waals surface area contributed by atoms with Crippen molar-refractivity contribution >= 4 is 21.6 Å². The highest BCUT2D eigenvalue weighted by atomic mass is 32.2. The zero-order chi connectivity index (χ0) is 26.0. The lowest BCUT2D eigenvalue weighted by atomic mass is 9.87. The summed E-state index contributed by atoms with van der Waals surface area (Å²) in [5, 5.41) is 0. The first kappa shape index (κ1) is 26.2. The number of hydrogen-bond donors (Lipinski definition) is 1. The molecule has 0 unspecified atom stereocenters. The summed E-state index contributed by atoms with van der Waals surface area (Å²) < 4.78 is 62.6. The summed E-state index contributed by atoms with van der Waals surface area (Å²) >= 11 is 0. The smallest absolute Gasteiger partial charge is 0.264 e. The van der Waals surface area contributed by atoms with Crippen molar-refractivity contribution < 1.29 is 26.7 Å². The number of carbonyl (C=O) groups is 1. The SMILES string of the molecule is COc1cccc(Cc2c(F)cccc2F)c1N(CC(N)=O)S(=O)(=O)c1ccc(C(C)(C)C)cc1. The fourth-order valence-corrected chi connectivity index (χ4v) is 5.21. The molecule has 0 fully saturated rings. The molecule has 0 spiro atoms. The van der Waals surface area contributed by atoms with Crippen molar-refractivity contribution in [2.75, 3.05) is 18.0 Å². The predicted octanol–water partition coefficient (Wildman–Crippen LogP) is 4.54. The molecule has 0 bridgehead atoms. The third-order valence-corrected chi connectivity index (χ3v) is 7.35. The highest BCUT2D eigenvalue weighted by molar-refractivity contribution is 7.92. The lowest BCUT2D eigenvalue weighted by molar-refractivity contribution is -0.116. The number of sulfonamides is 1. The first-order valence-corrected chi connectivity index (χ1v) is 12.3. The van der Waals surface area contributed by atoms with E-state index in [-0.39, 0.29) is 39.3 Å². The van der Waals surface area contributed by atoms with E-state index >= 15 is 0 Å². The van der Waals surface area contributed by atoms with Gasteiger partial charge in [0.05, 0.1) is 17.7 Å². The molecule has 6 nitrogen and oxygen atoms in total. The Morgan fingerprint density at radius 3 is 2.06 bits per heavy atom. The van der Waals surface area contributed by atoms with Crippen molar-refractivity contribution in [3.63, 3.8) is 0 Å². The van der Waals surface area contributed by atoms with Gasteiger partial charge in [0.25, 0.3) is 10.0 Å². The molecule has 3 aromatic carbocycles. The van der Waals surface area contributed by atoms with Crippen LogP contribution < -0.4 is 14.8 Å². The second-order valence-electron chi connectivity index (χ2n) is 9.10. The third-order valence-electron chi connectivity index (χ3n) is 5.59. The molecule has 2 N–H and O–H groups in total. The topological polar surface area (TPSA) is 89.7 Å². The molecular formula is C26H28F2N2O4S. The number of ether oxygens (including phenoxy) is 1. The fourth-order valence-electron chi connectivity index (χ4n) is 3.73. The van der Waals surface area contributed by atoms with Crippen LogP contribution in [0.15, 0.2) is 65.6 Å². The molecule has 1 amide bonds. The maximum absolute atomic E-state index is 14.4. The zero-order valence-electron chi connectivity index (χ0n) is 20.0. The van der Waals surface area contributed by atoms with Crippen LogP contribution in [0.1, 0.15) is 37.5 Å². The Morgan fingerprint density at radius 2 is 1.54 bits per heavy atom. The van der Waals surface area contributed by atoms with Gasteiger partial charge in [-0.25, -0.2) is 17.2 Å². The van der Waals surface area contributed by atoms with Crippen LogP contribution in [0.2, 0.25) is 0 Å². The number of nitrogens with zero attached hydrogens (tertiary/aromatic N) is 1. The van der Waals surface area contributed by atoms with Crippen molar-refractivity contribution in [1.82, 2.24) is 0 Å². The van der Waals surface area contributed by atoms with Crippen LogP contribution in [0.5, 0.6) is 5.75 Å². The van der Waals surface area contributed by atoms with Crippen molar-refractivity contribution in [2.24, 2.45) is 5.73 Å². The molecule has 35 heavy (non-hydrogen) atoms. The second-order valence-corrected chi connectivity index (χ2v) is 11.0. The van der Waals surface area contributed by atoms with E-state index in [4.69, 9.17) is 10.5 Å². The number of nitrogens with two attached hydrogens (primary N) is 1. The number of carbonyl (C=O) groups excluding carboxylic acids is 1. The summed E-state index contributed by atoms with van der Waals surface area (Å²) in [6, 6.07) is 14.4. The molecule has 0 saturated carbocycles. The van der Waals surface area contributed by atoms with Crippen LogP contribution in [0.4, 0.5) is 14.5 Å². The van der Waals surface area contributed by atoms with Gasteiger partial charge in [0, 0.05) is 12.0 Å². The van der Waals surface area contributed by atoms with Gasteiger partial charge >= 0.3 is 0 Å². The molecule has 0 atom stereocenters. The minimum absolute atomic E-state index is 0.0173. The number of methoxy groups -OCH3 is 1. The number of primary amides is 1. The van der Waals surface area contributed by atoms with Gasteiger partial charge in [-0.05, 0) is 46.9 Å². The Bertz CT molecular complexity index is 1310. The van der Waals surface area contributed by atoms with E-state index in [0.717, 1.165) is 22.0 Å². The number of halogens is 2. The number of hydrogen-bond acceptors (Lipinski definition) is 4. The molecule has 3 aromatic rings. The summed E-state index contributed by atoms with van der Waals surface area (Å²) in [6.45, 7) is 5.30. The number of rotatable bonds is 8. The van der Waals surface area contributed by atoms with Gasteiger partial charge in [0.15, 0.2) is 0 Å². The summed E-state index contributed by atoms with van der Waals surface area (Å²) in [5.41, 5.74) is 6.13. The van der Waals surface area contributed by atoms with Gasteiger partial charge in [-0.15, -0.1) is 0 Å². The standard InChI is InChI=1S/C26H28F2N2O4S/c1-26(2,3)18-11-13-19(14-12-18)35(32,33)30(16-24(29)31)25-17(7-5-10-23(25)34-4)15-20-21(27)8-6-9-22(20)28/h5-14H,15-16H2,1-4H3,(H2,29,31). The summed E-state index contributed by atoms with van der Waals surface area (Å²) in [4.78, 5) is 11.9. The monoisotopic (exact) mass is 502 g/mol. The van der Waals surface area contributed by atoms with Crippen LogP contribution in [0.3, 0.4) is 0 Å². The average Bonchev–Trinajstić information content (AvgIpc) is 2.79. The van der Waals surface area contributed by atoms with Gasteiger partial charge in [0.2, 0.25) is 5.91 Å². The summed E-state index contributed by atoms with van der Waals surface area (Å²) in [5.74, 6) is -2.36. The Morgan fingerprint density at radius 1 is 0.971 bits per heavy atom. The van der Waals surface area contributed by atoms with Gasteiger partial charge in [-0.2, -0.15) is 0 Å².